The average molecular weight is 657 g/mol. The van der Waals surface area contributed by atoms with Crippen LogP contribution < -0.4 is 10.6 Å². The monoisotopic (exact) mass is 656 g/mol. The first-order valence-electron chi connectivity index (χ1n) is 18.0. The van der Waals surface area contributed by atoms with Gasteiger partial charge in [0.05, 0.1) is 18.3 Å². The van der Waals surface area contributed by atoms with Crippen molar-refractivity contribution in [2.75, 3.05) is 47.1 Å². The van der Waals surface area contributed by atoms with E-state index < -0.39 is 17.1 Å². The average Bonchev–Trinajstić information content (AvgIpc) is 3.41. The lowest BCUT2D eigenvalue weighted by atomic mass is 9.51. The zero-order valence-corrected chi connectivity index (χ0v) is 29.6. The highest BCUT2D eigenvalue weighted by atomic mass is 16.5. The summed E-state index contributed by atoms with van der Waals surface area (Å²) in [4.78, 5) is 12.0. The molecule has 2 fully saturated rings. The summed E-state index contributed by atoms with van der Waals surface area (Å²) < 4.78 is 5.20. The third-order valence-electron chi connectivity index (χ3n) is 11.4. The van der Waals surface area contributed by atoms with Gasteiger partial charge in [-0.05, 0) is 127 Å². The molecular weight excluding hydrogens is 592 g/mol. The standard InChI is InChI=1S/C39H64N2O6/c1-28(23-31-10-7-11-32(24-31)25-41-30(3)16-22-47-5)9-6-12-33(27-44)35-15-18-39(37(35)45)36(13-8-21-42)34(29(2)26-43)14-17-38(39,46)19-20-40-4/h6,9,12,24,26,30-31,35-37,40-42,44-46H,1,7-8,10-11,13-23,25,27H2,2-5H3. The Morgan fingerprint density at radius 2 is 2.02 bits per heavy atom. The predicted octanol–water partition coefficient (Wildman–Crippen LogP) is 4.94. The van der Waals surface area contributed by atoms with Gasteiger partial charge in [-0.2, -0.15) is 0 Å². The SMILES string of the molecule is C=C(C=CC=C(CO)C1CCC2(C(CCCO)C(=C(C)C=O)CCC2(O)CCNC)C1O)CC1C=C(CNC(C)CCOC)CCC1. The summed E-state index contributed by atoms with van der Waals surface area (Å²) in [6, 6.07) is 0.417. The maximum absolute atomic E-state index is 12.4. The summed E-state index contributed by atoms with van der Waals surface area (Å²) in [6.45, 7) is 10.4. The lowest BCUT2D eigenvalue weighted by molar-refractivity contribution is -0.180. The summed E-state index contributed by atoms with van der Waals surface area (Å²) in [6.07, 6.45) is 17.5. The summed E-state index contributed by atoms with van der Waals surface area (Å²) in [5.41, 5.74) is 2.85. The van der Waals surface area contributed by atoms with Crippen molar-refractivity contribution in [3.05, 3.63) is 58.7 Å². The van der Waals surface area contributed by atoms with Crippen molar-refractivity contribution in [3.8, 4) is 0 Å². The van der Waals surface area contributed by atoms with E-state index in [-0.39, 0.29) is 25.0 Å². The number of allylic oxidation sites excluding steroid dienone is 7. The van der Waals surface area contributed by atoms with Gasteiger partial charge < -0.3 is 35.8 Å². The Kier molecular flexibility index (Phi) is 16.3. The molecule has 8 heteroatoms. The Labute approximate surface area is 284 Å². The van der Waals surface area contributed by atoms with Gasteiger partial charge in [0.1, 0.15) is 6.29 Å². The molecule has 8 nitrogen and oxygen atoms in total. The zero-order valence-electron chi connectivity index (χ0n) is 29.6. The lowest BCUT2D eigenvalue weighted by Gasteiger charge is -2.57. The third kappa shape index (κ3) is 9.84. The van der Waals surface area contributed by atoms with Crippen LogP contribution in [0.2, 0.25) is 0 Å². The van der Waals surface area contributed by atoms with E-state index in [2.05, 4.69) is 30.2 Å². The Morgan fingerprint density at radius 3 is 2.70 bits per heavy atom. The molecule has 0 aliphatic heterocycles. The van der Waals surface area contributed by atoms with E-state index >= 15 is 0 Å². The van der Waals surface area contributed by atoms with Crippen molar-refractivity contribution < 1.29 is 30.0 Å². The van der Waals surface area contributed by atoms with Crippen molar-refractivity contribution in [2.24, 2.45) is 23.2 Å². The summed E-state index contributed by atoms with van der Waals surface area (Å²) in [7, 11) is 3.60. The molecule has 0 radical (unpaired) electrons. The number of carbonyl (C=O) groups excluding carboxylic acids is 1. The smallest absolute Gasteiger partial charge is 0.145 e. The van der Waals surface area contributed by atoms with E-state index in [1.807, 2.05) is 32.2 Å². The number of aldehydes is 1. The minimum atomic E-state index is -1.15. The highest BCUT2D eigenvalue weighted by Gasteiger charge is 2.65. The molecule has 7 unspecified atom stereocenters. The molecule has 1 spiro atoms. The number of aliphatic hydroxyl groups excluding tert-OH is 3. The highest BCUT2D eigenvalue weighted by molar-refractivity contribution is 5.74. The molecule has 6 N–H and O–H groups in total. The van der Waals surface area contributed by atoms with Crippen molar-refractivity contribution >= 4 is 6.29 Å². The van der Waals surface area contributed by atoms with E-state index in [4.69, 9.17) is 4.74 Å². The van der Waals surface area contributed by atoms with Crippen LogP contribution in [0.25, 0.3) is 0 Å². The van der Waals surface area contributed by atoms with Crippen LogP contribution >= 0.6 is 0 Å². The second-order valence-corrected chi connectivity index (χ2v) is 14.4. The molecule has 0 aromatic rings. The Morgan fingerprint density at radius 1 is 1.23 bits per heavy atom. The molecule has 3 rings (SSSR count). The summed E-state index contributed by atoms with van der Waals surface area (Å²) >= 11 is 0. The number of ether oxygens (including phenoxy) is 1. The maximum Gasteiger partial charge on any atom is 0.145 e. The number of nitrogens with one attached hydrogen (secondary N) is 2. The number of hydrogen-bond acceptors (Lipinski definition) is 8. The topological polar surface area (TPSA) is 131 Å². The number of hydrogen-bond donors (Lipinski definition) is 6. The van der Waals surface area contributed by atoms with Crippen LogP contribution in [-0.4, -0.2) is 91.5 Å². The van der Waals surface area contributed by atoms with E-state index in [9.17, 15) is 25.2 Å². The van der Waals surface area contributed by atoms with Crippen LogP contribution in [0.4, 0.5) is 0 Å². The Hall–Kier alpha value is -1.91. The maximum atomic E-state index is 12.4. The second-order valence-electron chi connectivity index (χ2n) is 14.4. The van der Waals surface area contributed by atoms with E-state index in [0.717, 1.165) is 61.8 Å². The number of rotatable bonds is 19. The highest BCUT2D eigenvalue weighted by Crippen LogP contribution is 2.63. The fourth-order valence-corrected chi connectivity index (χ4v) is 8.79. The first kappa shape index (κ1) is 39.5. The summed E-state index contributed by atoms with van der Waals surface area (Å²) in [5.74, 6) is -0.101. The van der Waals surface area contributed by atoms with E-state index in [0.29, 0.717) is 69.0 Å². The van der Waals surface area contributed by atoms with E-state index in [1.54, 1.807) is 7.11 Å². The van der Waals surface area contributed by atoms with Gasteiger partial charge in [-0.3, -0.25) is 4.79 Å². The lowest BCUT2D eigenvalue weighted by Crippen LogP contribution is -2.61. The minimum Gasteiger partial charge on any atom is -0.396 e. The molecule has 266 valence electrons. The van der Waals surface area contributed by atoms with Crippen molar-refractivity contribution in [1.82, 2.24) is 10.6 Å². The first-order chi connectivity index (χ1) is 22.6. The fraction of sp³-hybridized carbons (Fsp3) is 0.718. The van der Waals surface area contributed by atoms with E-state index in [1.165, 1.54) is 12.0 Å². The quantitative estimate of drug-likeness (QED) is 0.0499. The molecule has 0 heterocycles. The molecule has 2 saturated carbocycles. The molecule has 47 heavy (non-hydrogen) atoms. The van der Waals surface area contributed by atoms with Crippen molar-refractivity contribution in [1.29, 1.82) is 0 Å². The number of methoxy groups -OCH3 is 1. The molecule has 0 aromatic heterocycles. The van der Waals surface area contributed by atoms with Crippen molar-refractivity contribution in [3.63, 3.8) is 0 Å². The van der Waals surface area contributed by atoms with Crippen LogP contribution in [0, 0.1) is 23.2 Å². The molecule has 3 aliphatic carbocycles. The molecule has 0 amide bonds. The molecule has 0 bridgehead atoms. The van der Waals surface area contributed by atoms with Gasteiger partial charge in [0.2, 0.25) is 0 Å². The molecule has 0 saturated heterocycles. The molecule has 0 aromatic carbocycles. The van der Waals surface area contributed by atoms with Gasteiger partial charge in [-0.1, -0.05) is 47.6 Å². The molecule has 3 aliphatic rings. The van der Waals surface area contributed by atoms with Crippen LogP contribution in [0.1, 0.15) is 90.9 Å². The third-order valence-corrected chi connectivity index (χ3v) is 11.4. The van der Waals surface area contributed by atoms with Crippen LogP contribution in [0.15, 0.2) is 58.7 Å². The van der Waals surface area contributed by atoms with Gasteiger partial charge in [0.25, 0.3) is 0 Å². The van der Waals surface area contributed by atoms with Gasteiger partial charge in [0, 0.05) is 44.2 Å². The molecule has 7 atom stereocenters. The predicted molar refractivity (Wildman–Crippen MR) is 190 cm³/mol. The van der Waals surface area contributed by atoms with Crippen LogP contribution in [-0.2, 0) is 9.53 Å². The van der Waals surface area contributed by atoms with Crippen LogP contribution in [0.5, 0.6) is 0 Å². The Balaban J connectivity index is 1.77. The zero-order chi connectivity index (χ0) is 34.5. The summed E-state index contributed by atoms with van der Waals surface area (Å²) in [5, 5.41) is 51.7. The van der Waals surface area contributed by atoms with Crippen LogP contribution in [0.3, 0.4) is 0 Å². The van der Waals surface area contributed by atoms with Gasteiger partial charge in [0.15, 0.2) is 0 Å². The minimum absolute atomic E-state index is 0.00781. The van der Waals surface area contributed by atoms with Gasteiger partial charge >= 0.3 is 0 Å². The first-order valence-corrected chi connectivity index (χ1v) is 18.0. The number of carbonyl (C=O) groups is 1. The van der Waals surface area contributed by atoms with Gasteiger partial charge in [-0.15, -0.1) is 0 Å². The number of aliphatic hydroxyl groups is 4. The fourth-order valence-electron chi connectivity index (χ4n) is 8.79. The van der Waals surface area contributed by atoms with Gasteiger partial charge in [-0.25, -0.2) is 0 Å². The van der Waals surface area contributed by atoms with Crippen molar-refractivity contribution in [2.45, 2.75) is 109 Å². The largest absolute Gasteiger partial charge is 0.396 e. The Bertz CT molecular complexity index is 1140. The second kappa shape index (κ2) is 19.3. The normalized spacial score (nSPS) is 31.7. The molecular formula is C39H64N2O6.